The predicted molar refractivity (Wildman–Crippen MR) is 197 cm³/mol. The Kier molecular flexibility index (Phi) is 5.64. The summed E-state index contributed by atoms with van der Waals surface area (Å²) in [6.07, 6.45) is 0. The van der Waals surface area contributed by atoms with Crippen molar-refractivity contribution >= 4 is 65.6 Å². The summed E-state index contributed by atoms with van der Waals surface area (Å²) in [5.74, 6) is 0. The molecule has 7 aromatic carbocycles. The Bertz CT molecular complexity index is 3030. The van der Waals surface area contributed by atoms with Crippen LogP contribution in [0.25, 0.3) is 88.1 Å². The maximum absolute atomic E-state index is 10.6. The second-order valence-electron chi connectivity index (χ2n) is 12.4. The monoisotopic (exact) mass is 624 g/mol. The van der Waals surface area contributed by atoms with E-state index in [4.69, 9.17) is 4.42 Å². The van der Waals surface area contributed by atoms with Gasteiger partial charge in [-0.25, -0.2) is 0 Å². The van der Waals surface area contributed by atoms with Crippen LogP contribution in [0.5, 0.6) is 0 Å². The highest BCUT2D eigenvalue weighted by Gasteiger charge is 2.20. The lowest BCUT2D eigenvalue weighted by atomic mass is 9.97. The fraction of sp³-hybridized carbons (Fsp3) is 0. The minimum absolute atomic E-state index is 0.524. The van der Waals surface area contributed by atoms with Gasteiger partial charge >= 0.3 is 0 Å². The van der Waals surface area contributed by atoms with Crippen LogP contribution in [-0.4, -0.2) is 9.13 Å². The molecule has 3 aromatic heterocycles. The van der Waals surface area contributed by atoms with Crippen molar-refractivity contribution in [1.82, 2.24) is 9.13 Å². The Hall–Kier alpha value is -7.08. The number of nitriles is 2. The Morgan fingerprint density at radius 3 is 1.80 bits per heavy atom. The molecule has 0 aliphatic rings. The van der Waals surface area contributed by atoms with E-state index in [9.17, 15) is 10.5 Å². The molecule has 10 aromatic rings. The molecule has 0 N–H and O–H groups in total. The number of fused-ring (bicyclic) bond motifs is 10. The molecule has 49 heavy (non-hydrogen) atoms. The minimum atomic E-state index is 0.524. The van der Waals surface area contributed by atoms with Gasteiger partial charge in [0.1, 0.15) is 11.2 Å². The van der Waals surface area contributed by atoms with Gasteiger partial charge in [0.25, 0.3) is 0 Å². The van der Waals surface area contributed by atoms with Crippen LogP contribution >= 0.6 is 0 Å². The predicted octanol–water partition coefficient (Wildman–Crippen LogP) is 11.2. The number of para-hydroxylation sites is 4. The number of furan rings is 1. The molecule has 226 valence electrons. The first kappa shape index (κ1) is 27.1. The highest BCUT2D eigenvalue weighted by Crippen LogP contribution is 2.41. The van der Waals surface area contributed by atoms with Crippen molar-refractivity contribution < 1.29 is 4.42 Å². The van der Waals surface area contributed by atoms with E-state index in [1.807, 2.05) is 72.8 Å². The van der Waals surface area contributed by atoms with Gasteiger partial charge in [0, 0.05) is 38.3 Å². The number of benzene rings is 7. The van der Waals surface area contributed by atoms with Crippen molar-refractivity contribution in [3.05, 3.63) is 157 Å². The van der Waals surface area contributed by atoms with Crippen molar-refractivity contribution in [3.63, 3.8) is 0 Å². The van der Waals surface area contributed by atoms with Crippen molar-refractivity contribution in [2.24, 2.45) is 0 Å². The first-order chi connectivity index (χ1) is 24.2. The quantitative estimate of drug-likeness (QED) is 0.196. The maximum Gasteiger partial charge on any atom is 0.137 e. The van der Waals surface area contributed by atoms with Crippen molar-refractivity contribution in [3.8, 4) is 34.6 Å². The first-order valence-electron chi connectivity index (χ1n) is 16.1. The van der Waals surface area contributed by atoms with Crippen LogP contribution in [0.4, 0.5) is 0 Å². The van der Waals surface area contributed by atoms with E-state index < -0.39 is 0 Å². The fourth-order valence-electron chi connectivity index (χ4n) is 7.71. The second-order valence-corrected chi connectivity index (χ2v) is 12.4. The first-order valence-corrected chi connectivity index (χ1v) is 16.1. The maximum atomic E-state index is 10.6. The van der Waals surface area contributed by atoms with Gasteiger partial charge in [0.2, 0.25) is 0 Å². The van der Waals surface area contributed by atoms with E-state index in [2.05, 4.69) is 94.1 Å². The molecule has 0 fully saturated rings. The summed E-state index contributed by atoms with van der Waals surface area (Å²) < 4.78 is 10.7. The van der Waals surface area contributed by atoms with Crippen LogP contribution in [0, 0.1) is 22.7 Å². The van der Waals surface area contributed by atoms with Crippen LogP contribution in [0.2, 0.25) is 0 Å². The van der Waals surface area contributed by atoms with E-state index in [1.54, 1.807) is 0 Å². The molecule has 0 atom stereocenters. The third-order valence-corrected chi connectivity index (χ3v) is 9.75. The van der Waals surface area contributed by atoms with Gasteiger partial charge in [-0.15, -0.1) is 0 Å². The van der Waals surface area contributed by atoms with Crippen LogP contribution in [-0.2, 0) is 0 Å². The Labute approximate surface area is 280 Å². The molecule has 0 bridgehead atoms. The van der Waals surface area contributed by atoms with Crippen LogP contribution in [0.1, 0.15) is 11.1 Å². The number of aromatic nitrogens is 2. The largest absolute Gasteiger partial charge is 0.456 e. The zero-order chi connectivity index (χ0) is 32.6. The average molecular weight is 625 g/mol. The second kappa shape index (κ2) is 10.2. The van der Waals surface area contributed by atoms with Crippen LogP contribution in [0.15, 0.2) is 150 Å². The Balaban J connectivity index is 1.22. The lowest BCUT2D eigenvalue weighted by molar-refractivity contribution is 0.669. The molecule has 0 spiro atoms. The fourth-order valence-corrected chi connectivity index (χ4v) is 7.71. The van der Waals surface area contributed by atoms with Gasteiger partial charge in [0.15, 0.2) is 0 Å². The summed E-state index contributed by atoms with van der Waals surface area (Å²) in [5, 5.41) is 27.4. The SMILES string of the molecule is N#Cc1cc(-c2ccc(-n3c4ccccc4c4ccc5oc6ccccc6c5c43)cc2C#N)cc(-n2c3ccccc3c3ccccc32)c1. The summed E-state index contributed by atoms with van der Waals surface area (Å²) in [6.45, 7) is 0. The molecule has 0 aliphatic carbocycles. The Morgan fingerprint density at radius 1 is 0.469 bits per heavy atom. The topological polar surface area (TPSA) is 70.6 Å². The molecule has 0 aliphatic heterocycles. The summed E-state index contributed by atoms with van der Waals surface area (Å²) in [5.41, 5.74) is 10.2. The van der Waals surface area contributed by atoms with E-state index in [0.717, 1.165) is 88.1 Å². The summed E-state index contributed by atoms with van der Waals surface area (Å²) >= 11 is 0. The lowest BCUT2D eigenvalue weighted by Gasteiger charge is -2.14. The van der Waals surface area contributed by atoms with Gasteiger partial charge in [-0.3, -0.25) is 0 Å². The highest BCUT2D eigenvalue weighted by molar-refractivity contribution is 6.24. The molecular weight excluding hydrogens is 601 g/mol. The van der Waals surface area contributed by atoms with Crippen molar-refractivity contribution in [2.45, 2.75) is 0 Å². The van der Waals surface area contributed by atoms with E-state index in [1.165, 1.54) is 0 Å². The summed E-state index contributed by atoms with van der Waals surface area (Å²) in [4.78, 5) is 0. The molecule has 0 amide bonds. The lowest BCUT2D eigenvalue weighted by Crippen LogP contribution is -1.98. The van der Waals surface area contributed by atoms with Crippen molar-refractivity contribution in [1.29, 1.82) is 10.5 Å². The number of rotatable bonds is 3. The number of hydrogen-bond acceptors (Lipinski definition) is 3. The molecule has 10 rings (SSSR count). The Morgan fingerprint density at radius 2 is 1.10 bits per heavy atom. The molecule has 0 saturated heterocycles. The zero-order valence-electron chi connectivity index (χ0n) is 26.1. The molecule has 3 heterocycles. The van der Waals surface area contributed by atoms with Crippen LogP contribution < -0.4 is 0 Å². The molecule has 0 unspecified atom stereocenters. The normalized spacial score (nSPS) is 11.6. The van der Waals surface area contributed by atoms with Crippen LogP contribution in [0.3, 0.4) is 0 Å². The molecule has 0 saturated carbocycles. The molecule has 5 heteroatoms. The van der Waals surface area contributed by atoms with Crippen molar-refractivity contribution in [2.75, 3.05) is 0 Å². The standard InChI is InChI=1S/C44H24N4O/c45-25-27-21-28(23-31(22-27)47-38-13-5-1-9-33(38)34-10-2-6-14-39(34)47)32-18-17-30(24-29(32)26-46)48-40-15-7-3-11-35(40)36-19-20-42-43(44(36)48)37-12-4-8-16-41(37)49-42/h1-24H. The average Bonchev–Trinajstić information content (AvgIpc) is 3.82. The number of nitrogens with zero attached hydrogens (tertiary/aromatic N) is 4. The van der Waals surface area contributed by atoms with Gasteiger partial charge in [-0.05, 0) is 77.9 Å². The van der Waals surface area contributed by atoms with Gasteiger partial charge in [-0.1, -0.05) is 78.9 Å². The van der Waals surface area contributed by atoms with Gasteiger partial charge in [0.05, 0.1) is 50.7 Å². The zero-order valence-corrected chi connectivity index (χ0v) is 26.1. The highest BCUT2D eigenvalue weighted by atomic mass is 16.3. The third kappa shape index (κ3) is 3.85. The number of hydrogen-bond donors (Lipinski definition) is 0. The third-order valence-electron chi connectivity index (χ3n) is 9.75. The van der Waals surface area contributed by atoms with E-state index >= 15 is 0 Å². The molecule has 0 radical (unpaired) electrons. The van der Waals surface area contributed by atoms with Gasteiger partial charge < -0.3 is 13.6 Å². The molecule has 5 nitrogen and oxygen atoms in total. The smallest absolute Gasteiger partial charge is 0.137 e. The summed E-state index contributed by atoms with van der Waals surface area (Å²) in [6, 6.07) is 54.1. The van der Waals surface area contributed by atoms with Gasteiger partial charge in [-0.2, -0.15) is 10.5 Å². The summed E-state index contributed by atoms with van der Waals surface area (Å²) in [7, 11) is 0. The van der Waals surface area contributed by atoms with E-state index in [-0.39, 0.29) is 0 Å². The molecular formula is C44H24N4O. The minimum Gasteiger partial charge on any atom is -0.456 e. The van der Waals surface area contributed by atoms with E-state index in [0.29, 0.717) is 11.1 Å².